The van der Waals surface area contributed by atoms with Gasteiger partial charge in [-0.1, -0.05) is 0 Å². The highest BCUT2D eigenvalue weighted by molar-refractivity contribution is 5.94. The number of nitrogens with two attached hydrogens (primary N) is 1. The first-order chi connectivity index (χ1) is 10.8. The van der Waals surface area contributed by atoms with Crippen molar-refractivity contribution >= 4 is 5.91 Å². The van der Waals surface area contributed by atoms with Crippen LogP contribution in [0, 0.1) is 6.92 Å². The zero-order valence-electron chi connectivity index (χ0n) is 12.2. The van der Waals surface area contributed by atoms with Crippen molar-refractivity contribution in [3.63, 3.8) is 0 Å². The zero-order valence-corrected chi connectivity index (χ0v) is 12.2. The maximum atomic E-state index is 12.2. The molecule has 0 bridgehead atoms. The first-order valence-electron chi connectivity index (χ1n) is 6.64. The number of pyridine rings is 2. The molecule has 23 heavy (non-hydrogen) atoms. The van der Waals surface area contributed by atoms with Gasteiger partial charge >= 0.3 is 6.18 Å². The lowest BCUT2D eigenvalue weighted by Gasteiger charge is -2.12. The summed E-state index contributed by atoms with van der Waals surface area (Å²) in [6.45, 7) is 0.248. The lowest BCUT2D eigenvalue weighted by Crippen LogP contribution is -2.19. The predicted molar refractivity (Wildman–Crippen MR) is 76.1 cm³/mol. The summed E-state index contributed by atoms with van der Waals surface area (Å²) in [4.78, 5) is 19.4. The molecule has 2 aromatic rings. The number of hydrogen-bond donors (Lipinski definition) is 1. The molecule has 0 fully saturated rings. The molecule has 1 amide bonds. The van der Waals surface area contributed by atoms with Crippen LogP contribution in [0.5, 0.6) is 5.75 Å². The van der Waals surface area contributed by atoms with E-state index in [0.29, 0.717) is 22.4 Å². The van der Waals surface area contributed by atoms with Crippen molar-refractivity contribution < 1.29 is 22.7 Å². The van der Waals surface area contributed by atoms with Crippen LogP contribution in [0.2, 0.25) is 0 Å². The largest absolute Gasteiger partial charge is 0.482 e. The number of rotatable bonds is 5. The fourth-order valence-corrected chi connectivity index (χ4v) is 2.01. The molecule has 0 atom stereocenters. The Morgan fingerprint density at radius 2 is 2.09 bits per heavy atom. The molecule has 2 aromatic heterocycles. The Morgan fingerprint density at radius 1 is 1.35 bits per heavy atom. The molecule has 0 aliphatic carbocycles. The summed E-state index contributed by atoms with van der Waals surface area (Å²) in [7, 11) is 0. The van der Waals surface area contributed by atoms with Crippen LogP contribution in [0.25, 0.3) is 0 Å². The van der Waals surface area contributed by atoms with Crippen LogP contribution in [0.1, 0.15) is 27.2 Å². The van der Waals surface area contributed by atoms with Crippen molar-refractivity contribution in [3.8, 4) is 5.75 Å². The van der Waals surface area contributed by atoms with Gasteiger partial charge in [0, 0.05) is 30.1 Å². The lowest BCUT2D eigenvalue weighted by atomic mass is 10.0. The Balaban J connectivity index is 2.17. The minimum atomic E-state index is -4.41. The van der Waals surface area contributed by atoms with E-state index in [1.807, 2.05) is 0 Å². The maximum absolute atomic E-state index is 12.2. The van der Waals surface area contributed by atoms with Gasteiger partial charge in [-0.25, -0.2) is 0 Å². The van der Waals surface area contributed by atoms with Gasteiger partial charge in [0.05, 0.1) is 6.20 Å². The highest BCUT2D eigenvalue weighted by atomic mass is 19.4. The van der Waals surface area contributed by atoms with E-state index in [-0.39, 0.29) is 12.2 Å². The van der Waals surface area contributed by atoms with Gasteiger partial charge in [-0.2, -0.15) is 13.2 Å². The fourth-order valence-electron chi connectivity index (χ4n) is 2.01. The zero-order chi connectivity index (χ0) is 17.0. The second-order valence-electron chi connectivity index (χ2n) is 4.92. The van der Waals surface area contributed by atoms with Crippen LogP contribution in [-0.4, -0.2) is 28.7 Å². The molecule has 0 saturated carbocycles. The molecule has 0 radical (unpaired) electrons. The molecule has 8 heteroatoms. The standard InChI is InChI=1S/C15H14F3N3O2/c1-9-4-11(21-7-13(9)23-8-15(16,17)18)5-10-6-20-3-2-12(10)14(19)22/h2-4,6-7H,5,8H2,1H3,(H2,19,22). The summed E-state index contributed by atoms with van der Waals surface area (Å²) in [6, 6.07) is 3.11. The average Bonchev–Trinajstić information content (AvgIpc) is 2.46. The number of aromatic nitrogens is 2. The summed E-state index contributed by atoms with van der Waals surface area (Å²) in [5.74, 6) is -0.517. The summed E-state index contributed by atoms with van der Waals surface area (Å²) < 4.78 is 41.2. The van der Waals surface area contributed by atoms with Crippen LogP contribution in [0.3, 0.4) is 0 Å². The monoisotopic (exact) mass is 325 g/mol. The maximum Gasteiger partial charge on any atom is 0.422 e. The van der Waals surface area contributed by atoms with Crippen molar-refractivity contribution in [3.05, 3.63) is 53.1 Å². The van der Waals surface area contributed by atoms with Crippen molar-refractivity contribution in [2.24, 2.45) is 5.73 Å². The van der Waals surface area contributed by atoms with Crippen LogP contribution < -0.4 is 10.5 Å². The van der Waals surface area contributed by atoms with Gasteiger partial charge in [0.25, 0.3) is 0 Å². The minimum Gasteiger partial charge on any atom is -0.482 e. The van der Waals surface area contributed by atoms with E-state index in [9.17, 15) is 18.0 Å². The molecule has 122 valence electrons. The van der Waals surface area contributed by atoms with Gasteiger partial charge in [0.2, 0.25) is 5.91 Å². The third-order valence-corrected chi connectivity index (χ3v) is 3.05. The molecule has 2 N–H and O–H groups in total. The third kappa shape index (κ3) is 4.67. The van der Waals surface area contributed by atoms with E-state index in [1.165, 1.54) is 24.7 Å². The quantitative estimate of drug-likeness (QED) is 0.916. The first kappa shape index (κ1) is 16.7. The first-order valence-corrected chi connectivity index (χ1v) is 6.64. The van der Waals surface area contributed by atoms with E-state index < -0.39 is 18.7 Å². The number of carbonyl (C=O) groups excluding carboxylic acids is 1. The van der Waals surface area contributed by atoms with Crippen LogP contribution in [-0.2, 0) is 6.42 Å². The summed E-state index contributed by atoms with van der Waals surface area (Å²) in [5, 5.41) is 0. The molecule has 0 aliphatic heterocycles. The molecule has 0 saturated heterocycles. The van der Waals surface area contributed by atoms with Crippen molar-refractivity contribution in [1.29, 1.82) is 0 Å². The smallest absolute Gasteiger partial charge is 0.422 e. The number of halogens is 3. The van der Waals surface area contributed by atoms with E-state index >= 15 is 0 Å². The number of hydrogen-bond acceptors (Lipinski definition) is 4. The lowest BCUT2D eigenvalue weighted by molar-refractivity contribution is -0.153. The SMILES string of the molecule is Cc1cc(Cc2cnccc2C(N)=O)ncc1OCC(F)(F)F. The number of carbonyl (C=O) groups is 1. The molecule has 0 unspecified atom stereocenters. The Kier molecular flexibility index (Phi) is 4.83. The number of primary amides is 1. The number of amides is 1. The average molecular weight is 325 g/mol. The number of ether oxygens (including phenoxy) is 1. The van der Waals surface area contributed by atoms with E-state index in [1.54, 1.807) is 13.0 Å². The Bertz CT molecular complexity index is 717. The molecule has 5 nitrogen and oxygen atoms in total. The van der Waals surface area contributed by atoms with Crippen LogP contribution in [0.4, 0.5) is 13.2 Å². The van der Waals surface area contributed by atoms with Gasteiger partial charge < -0.3 is 10.5 Å². The Hall–Kier alpha value is -2.64. The molecule has 0 aromatic carbocycles. The second kappa shape index (κ2) is 6.64. The van der Waals surface area contributed by atoms with Crippen molar-refractivity contribution in [2.45, 2.75) is 19.5 Å². The molecular formula is C15H14F3N3O2. The van der Waals surface area contributed by atoms with Gasteiger partial charge in [0.15, 0.2) is 6.61 Å². The van der Waals surface area contributed by atoms with Crippen molar-refractivity contribution in [2.75, 3.05) is 6.61 Å². The van der Waals surface area contributed by atoms with E-state index in [0.717, 1.165) is 0 Å². The molecular weight excluding hydrogens is 311 g/mol. The van der Waals surface area contributed by atoms with E-state index in [2.05, 4.69) is 9.97 Å². The van der Waals surface area contributed by atoms with Crippen LogP contribution >= 0.6 is 0 Å². The third-order valence-electron chi connectivity index (χ3n) is 3.05. The molecule has 2 rings (SSSR count). The normalized spacial score (nSPS) is 11.3. The number of alkyl halides is 3. The highest BCUT2D eigenvalue weighted by Crippen LogP contribution is 2.22. The van der Waals surface area contributed by atoms with Gasteiger partial charge in [0.1, 0.15) is 5.75 Å². The number of nitrogens with zero attached hydrogens (tertiary/aromatic N) is 2. The van der Waals surface area contributed by atoms with E-state index in [4.69, 9.17) is 10.5 Å². The Labute approximate surface area is 130 Å². The van der Waals surface area contributed by atoms with Gasteiger partial charge in [-0.05, 0) is 30.2 Å². The molecule has 2 heterocycles. The second-order valence-corrected chi connectivity index (χ2v) is 4.92. The Morgan fingerprint density at radius 3 is 2.70 bits per heavy atom. The minimum absolute atomic E-state index is 0.0624. The fraction of sp³-hybridized carbons (Fsp3) is 0.267. The van der Waals surface area contributed by atoms with Gasteiger partial charge in [-0.15, -0.1) is 0 Å². The summed E-state index contributed by atoms with van der Waals surface area (Å²) >= 11 is 0. The summed E-state index contributed by atoms with van der Waals surface area (Å²) in [5.41, 5.74) is 7.30. The number of aryl methyl sites for hydroxylation is 1. The van der Waals surface area contributed by atoms with Crippen molar-refractivity contribution in [1.82, 2.24) is 9.97 Å². The molecule has 0 aliphatic rings. The highest BCUT2D eigenvalue weighted by Gasteiger charge is 2.28. The predicted octanol–water partition coefficient (Wildman–Crippen LogP) is 2.42. The molecule has 0 spiro atoms. The summed E-state index contributed by atoms with van der Waals surface area (Å²) in [6.07, 6.45) is 0.0714. The topological polar surface area (TPSA) is 78.1 Å². The van der Waals surface area contributed by atoms with Gasteiger partial charge in [-0.3, -0.25) is 14.8 Å². The van der Waals surface area contributed by atoms with Crippen LogP contribution in [0.15, 0.2) is 30.7 Å².